The van der Waals surface area contributed by atoms with E-state index in [0.717, 1.165) is 32.5 Å². The fraction of sp³-hybridized carbons (Fsp3) is 1.00. The highest BCUT2D eigenvalue weighted by Crippen LogP contribution is 2.30. The van der Waals surface area contributed by atoms with Gasteiger partial charge in [0.2, 0.25) is 0 Å². The minimum absolute atomic E-state index is 0.287. The van der Waals surface area contributed by atoms with Crippen LogP contribution in [0.5, 0.6) is 0 Å². The molecule has 2 nitrogen and oxygen atoms in total. The maximum atomic E-state index is 5.66. The van der Waals surface area contributed by atoms with E-state index < -0.39 is 0 Å². The highest BCUT2D eigenvalue weighted by atomic mass is 35.5. The van der Waals surface area contributed by atoms with Crippen LogP contribution in [0.1, 0.15) is 39.0 Å². The standard InChI is InChI=1S/C10H19ClO2/c1-2-3-5-10(6-4-7-11)12-8-9-13-10/h2-9H2,1H3. The summed E-state index contributed by atoms with van der Waals surface area (Å²) in [4.78, 5) is 0. The molecular formula is C10H19ClO2. The number of unbranched alkanes of at least 4 members (excludes halogenated alkanes) is 1. The number of hydrogen-bond acceptors (Lipinski definition) is 2. The van der Waals surface area contributed by atoms with E-state index in [2.05, 4.69) is 6.92 Å². The molecule has 0 aromatic rings. The lowest BCUT2D eigenvalue weighted by Crippen LogP contribution is -2.30. The van der Waals surface area contributed by atoms with Crippen molar-refractivity contribution in [1.29, 1.82) is 0 Å². The molecule has 1 rings (SSSR count). The van der Waals surface area contributed by atoms with Crippen LogP contribution in [0.3, 0.4) is 0 Å². The van der Waals surface area contributed by atoms with Crippen LogP contribution in [-0.4, -0.2) is 24.9 Å². The van der Waals surface area contributed by atoms with Crippen LogP contribution in [-0.2, 0) is 9.47 Å². The Bertz CT molecular complexity index is 123. The predicted molar refractivity (Wildman–Crippen MR) is 54.1 cm³/mol. The molecule has 78 valence electrons. The lowest BCUT2D eigenvalue weighted by molar-refractivity contribution is -0.167. The van der Waals surface area contributed by atoms with Crippen molar-refractivity contribution in [3.05, 3.63) is 0 Å². The van der Waals surface area contributed by atoms with Crippen molar-refractivity contribution in [3.8, 4) is 0 Å². The van der Waals surface area contributed by atoms with Gasteiger partial charge in [0.05, 0.1) is 13.2 Å². The third-order valence-electron chi connectivity index (χ3n) is 2.42. The van der Waals surface area contributed by atoms with E-state index in [1.165, 1.54) is 12.8 Å². The van der Waals surface area contributed by atoms with Gasteiger partial charge in [-0.05, 0) is 12.8 Å². The van der Waals surface area contributed by atoms with Crippen LogP contribution in [0.4, 0.5) is 0 Å². The lowest BCUT2D eigenvalue weighted by Gasteiger charge is -2.26. The van der Waals surface area contributed by atoms with Crippen LogP contribution >= 0.6 is 11.6 Å². The zero-order chi connectivity index (χ0) is 9.57. The Hall–Kier alpha value is 0.210. The summed E-state index contributed by atoms with van der Waals surface area (Å²) in [5.74, 6) is 0.408. The summed E-state index contributed by atoms with van der Waals surface area (Å²) in [6.07, 6.45) is 5.29. The number of rotatable bonds is 6. The smallest absolute Gasteiger partial charge is 0.168 e. The highest BCUT2D eigenvalue weighted by Gasteiger charge is 2.34. The molecule has 0 spiro atoms. The van der Waals surface area contributed by atoms with Gasteiger partial charge in [0, 0.05) is 18.7 Å². The van der Waals surface area contributed by atoms with Crippen molar-refractivity contribution in [2.24, 2.45) is 0 Å². The molecule has 0 aromatic heterocycles. The van der Waals surface area contributed by atoms with Gasteiger partial charge in [-0.2, -0.15) is 0 Å². The molecule has 0 aliphatic carbocycles. The van der Waals surface area contributed by atoms with E-state index in [-0.39, 0.29) is 5.79 Å². The predicted octanol–water partition coefficient (Wildman–Crippen LogP) is 2.94. The van der Waals surface area contributed by atoms with Gasteiger partial charge >= 0.3 is 0 Å². The summed E-state index contributed by atoms with van der Waals surface area (Å²) < 4.78 is 11.3. The summed E-state index contributed by atoms with van der Waals surface area (Å²) in [7, 11) is 0. The van der Waals surface area contributed by atoms with Gasteiger partial charge in [0.25, 0.3) is 0 Å². The quantitative estimate of drug-likeness (QED) is 0.623. The van der Waals surface area contributed by atoms with Gasteiger partial charge in [-0.1, -0.05) is 13.3 Å². The molecule has 0 bridgehead atoms. The fourth-order valence-electron chi connectivity index (χ4n) is 1.69. The molecule has 3 heteroatoms. The minimum Gasteiger partial charge on any atom is -0.348 e. The van der Waals surface area contributed by atoms with Crippen molar-refractivity contribution in [2.75, 3.05) is 19.1 Å². The second-order valence-corrected chi connectivity index (χ2v) is 3.88. The fourth-order valence-corrected chi connectivity index (χ4v) is 1.83. The van der Waals surface area contributed by atoms with E-state index in [0.29, 0.717) is 5.88 Å². The first kappa shape index (κ1) is 11.3. The van der Waals surface area contributed by atoms with Gasteiger partial charge < -0.3 is 9.47 Å². The van der Waals surface area contributed by atoms with Crippen LogP contribution in [0, 0.1) is 0 Å². The Balaban J connectivity index is 2.33. The SMILES string of the molecule is CCCCC1(CCCCl)OCCO1. The van der Waals surface area contributed by atoms with E-state index >= 15 is 0 Å². The lowest BCUT2D eigenvalue weighted by atomic mass is 10.0. The van der Waals surface area contributed by atoms with Gasteiger partial charge in [-0.25, -0.2) is 0 Å². The molecule has 0 N–H and O–H groups in total. The third kappa shape index (κ3) is 3.45. The second-order valence-electron chi connectivity index (χ2n) is 3.50. The van der Waals surface area contributed by atoms with Crippen LogP contribution in [0.25, 0.3) is 0 Å². The van der Waals surface area contributed by atoms with Crippen molar-refractivity contribution in [3.63, 3.8) is 0 Å². The zero-order valence-corrected chi connectivity index (χ0v) is 9.11. The van der Waals surface area contributed by atoms with Crippen LogP contribution in [0.15, 0.2) is 0 Å². The van der Waals surface area contributed by atoms with Crippen molar-refractivity contribution in [2.45, 2.75) is 44.8 Å². The van der Waals surface area contributed by atoms with Crippen LogP contribution < -0.4 is 0 Å². The maximum Gasteiger partial charge on any atom is 0.168 e. The molecule has 1 heterocycles. The van der Waals surface area contributed by atoms with Gasteiger partial charge in [-0.3, -0.25) is 0 Å². The van der Waals surface area contributed by atoms with Crippen molar-refractivity contribution in [1.82, 2.24) is 0 Å². The minimum atomic E-state index is -0.287. The highest BCUT2D eigenvalue weighted by molar-refractivity contribution is 6.17. The van der Waals surface area contributed by atoms with E-state index in [4.69, 9.17) is 21.1 Å². The first-order chi connectivity index (χ1) is 6.33. The molecule has 13 heavy (non-hydrogen) atoms. The average Bonchev–Trinajstić information content (AvgIpc) is 2.61. The monoisotopic (exact) mass is 206 g/mol. The first-order valence-electron chi connectivity index (χ1n) is 5.17. The molecule has 1 aliphatic heterocycles. The largest absolute Gasteiger partial charge is 0.348 e. The van der Waals surface area contributed by atoms with E-state index in [1.54, 1.807) is 0 Å². The first-order valence-corrected chi connectivity index (χ1v) is 5.70. The summed E-state index contributed by atoms with van der Waals surface area (Å²) >= 11 is 5.66. The molecule has 0 saturated carbocycles. The normalized spacial score (nSPS) is 20.8. The van der Waals surface area contributed by atoms with Crippen LogP contribution in [0.2, 0.25) is 0 Å². The Morgan fingerprint density at radius 2 is 1.77 bits per heavy atom. The van der Waals surface area contributed by atoms with E-state index in [1.807, 2.05) is 0 Å². The molecule has 0 unspecified atom stereocenters. The van der Waals surface area contributed by atoms with Gasteiger partial charge in [0.1, 0.15) is 0 Å². The third-order valence-corrected chi connectivity index (χ3v) is 2.68. The molecule has 0 amide bonds. The number of hydrogen-bond donors (Lipinski definition) is 0. The van der Waals surface area contributed by atoms with Gasteiger partial charge in [0.15, 0.2) is 5.79 Å². The molecule has 1 saturated heterocycles. The maximum absolute atomic E-state index is 5.66. The summed E-state index contributed by atoms with van der Waals surface area (Å²) in [5.41, 5.74) is 0. The Morgan fingerprint density at radius 3 is 2.31 bits per heavy atom. The van der Waals surface area contributed by atoms with Crippen molar-refractivity contribution < 1.29 is 9.47 Å². The Labute approximate surface area is 85.5 Å². The molecule has 0 aromatic carbocycles. The number of alkyl halides is 1. The van der Waals surface area contributed by atoms with Crippen molar-refractivity contribution >= 4 is 11.6 Å². The van der Waals surface area contributed by atoms with E-state index in [9.17, 15) is 0 Å². The Kier molecular flexibility index (Phi) is 5.07. The molecular weight excluding hydrogens is 188 g/mol. The molecule has 0 radical (unpaired) electrons. The Morgan fingerprint density at radius 1 is 1.15 bits per heavy atom. The number of ether oxygens (including phenoxy) is 2. The summed E-state index contributed by atoms with van der Waals surface area (Å²) in [5, 5.41) is 0. The summed E-state index contributed by atoms with van der Waals surface area (Å²) in [6.45, 7) is 3.67. The summed E-state index contributed by atoms with van der Waals surface area (Å²) in [6, 6.07) is 0. The second kappa shape index (κ2) is 5.84. The van der Waals surface area contributed by atoms with Gasteiger partial charge in [-0.15, -0.1) is 11.6 Å². The molecule has 1 fully saturated rings. The topological polar surface area (TPSA) is 18.5 Å². The number of halogens is 1. The average molecular weight is 207 g/mol. The zero-order valence-electron chi connectivity index (χ0n) is 8.35. The molecule has 1 aliphatic rings. The molecule has 0 atom stereocenters.